The quantitative estimate of drug-likeness (QED) is 0.715. The highest BCUT2D eigenvalue weighted by Gasteiger charge is 2.14. The van der Waals surface area contributed by atoms with E-state index in [1.165, 1.54) is 5.39 Å². The molecule has 5 nitrogen and oxygen atoms in total. The lowest BCUT2D eigenvalue weighted by molar-refractivity contribution is 0.202. The molecule has 0 saturated carbocycles. The molecule has 0 bridgehead atoms. The molecular weight excluding hydrogens is 338 g/mol. The second-order valence-electron chi connectivity index (χ2n) is 6.92. The Kier molecular flexibility index (Phi) is 5.49. The van der Waals surface area contributed by atoms with Gasteiger partial charge in [0, 0.05) is 18.0 Å². The Morgan fingerprint density at radius 1 is 0.926 bits per heavy atom. The molecule has 3 aromatic rings. The van der Waals surface area contributed by atoms with Gasteiger partial charge in [-0.15, -0.1) is 0 Å². The van der Waals surface area contributed by atoms with Gasteiger partial charge in [-0.2, -0.15) is 0 Å². The van der Waals surface area contributed by atoms with Gasteiger partial charge in [-0.1, -0.05) is 18.2 Å². The van der Waals surface area contributed by atoms with Crippen molar-refractivity contribution in [1.82, 2.24) is 15.3 Å². The molecule has 140 valence electrons. The molecule has 1 aromatic heterocycles. The highest BCUT2D eigenvalue weighted by atomic mass is 16.5. The zero-order valence-electron chi connectivity index (χ0n) is 15.6. The van der Waals surface area contributed by atoms with Crippen LogP contribution in [0.15, 0.2) is 48.8 Å². The smallest absolute Gasteiger partial charge is 0.316 e. The van der Waals surface area contributed by atoms with Gasteiger partial charge < -0.3 is 14.8 Å². The van der Waals surface area contributed by atoms with Crippen molar-refractivity contribution < 1.29 is 9.47 Å². The molecule has 2 aromatic carbocycles. The van der Waals surface area contributed by atoms with Crippen molar-refractivity contribution in [3.05, 3.63) is 48.8 Å². The van der Waals surface area contributed by atoms with Crippen LogP contribution in [0.5, 0.6) is 11.8 Å². The van der Waals surface area contributed by atoms with E-state index in [2.05, 4.69) is 45.6 Å². The molecule has 0 amide bonds. The number of benzene rings is 2. The summed E-state index contributed by atoms with van der Waals surface area (Å²) in [5.74, 6) is 1.49. The van der Waals surface area contributed by atoms with Gasteiger partial charge in [-0.25, -0.2) is 9.97 Å². The zero-order chi connectivity index (χ0) is 18.5. The standard InChI is InChI=1S/C22H25N3O2/c1-2-26-21-6-5-17-11-18(3-4-19(17)12-21)20-13-24-22(25-14-20)27-15-16-7-9-23-10-8-16/h3-6,11-14,16,23H,2,7-10,15H2,1H3. The molecule has 4 rings (SSSR count). The van der Waals surface area contributed by atoms with Gasteiger partial charge in [-0.05, 0) is 73.3 Å². The van der Waals surface area contributed by atoms with E-state index in [4.69, 9.17) is 9.47 Å². The second-order valence-corrected chi connectivity index (χ2v) is 6.92. The lowest BCUT2D eigenvalue weighted by atomic mass is 9.99. The van der Waals surface area contributed by atoms with E-state index in [-0.39, 0.29) is 0 Å². The van der Waals surface area contributed by atoms with Crippen LogP contribution in [0, 0.1) is 5.92 Å². The molecule has 27 heavy (non-hydrogen) atoms. The molecule has 0 unspecified atom stereocenters. The first-order chi connectivity index (χ1) is 13.3. The number of piperidine rings is 1. The summed E-state index contributed by atoms with van der Waals surface area (Å²) in [6.45, 7) is 5.50. The average Bonchev–Trinajstić information content (AvgIpc) is 2.73. The molecule has 2 heterocycles. The van der Waals surface area contributed by atoms with Crippen LogP contribution in [-0.2, 0) is 0 Å². The molecule has 5 heteroatoms. The Hall–Kier alpha value is -2.66. The number of hydrogen-bond donors (Lipinski definition) is 1. The van der Waals surface area contributed by atoms with E-state index in [0.717, 1.165) is 48.2 Å². The summed E-state index contributed by atoms with van der Waals surface area (Å²) in [5, 5.41) is 5.70. The first-order valence-corrected chi connectivity index (χ1v) is 9.64. The van der Waals surface area contributed by atoms with Crippen molar-refractivity contribution >= 4 is 10.8 Å². The second kappa shape index (κ2) is 8.35. The number of fused-ring (bicyclic) bond motifs is 1. The predicted molar refractivity (Wildman–Crippen MR) is 107 cm³/mol. The van der Waals surface area contributed by atoms with Gasteiger partial charge in [0.1, 0.15) is 5.75 Å². The van der Waals surface area contributed by atoms with Gasteiger partial charge in [0.2, 0.25) is 0 Å². The number of nitrogens with zero attached hydrogens (tertiary/aromatic N) is 2. The third-order valence-corrected chi connectivity index (χ3v) is 4.99. The third-order valence-electron chi connectivity index (χ3n) is 4.99. The predicted octanol–water partition coefficient (Wildman–Crippen LogP) is 4.07. The Balaban J connectivity index is 1.45. The first kappa shape index (κ1) is 17.7. The van der Waals surface area contributed by atoms with Crippen LogP contribution >= 0.6 is 0 Å². The Bertz CT molecular complexity index is 890. The Morgan fingerprint density at radius 2 is 1.67 bits per heavy atom. The fourth-order valence-corrected chi connectivity index (χ4v) is 3.44. The fourth-order valence-electron chi connectivity index (χ4n) is 3.44. The van der Waals surface area contributed by atoms with E-state index < -0.39 is 0 Å². The third kappa shape index (κ3) is 4.37. The van der Waals surface area contributed by atoms with Gasteiger partial charge in [0.15, 0.2) is 0 Å². The zero-order valence-corrected chi connectivity index (χ0v) is 15.6. The van der Waals surface area contributed by atoms with Crippen molar-refractivity contribution in [2.24, 2.45) is 5.92 Å². The first-order valence-electron chi connectivity index (χ1n) is 9.64. The molecule has 0 radical (unpaired) electrons. The van der Waals surface area contributed by atoms with Gasteiger partial charge >= 0.3 is 6.01 Å². The summed E-state index contributed by atoms with van der Waals surface area (Å²) in [5.41, 5.74) is 2.08. The van der Waals surface area contributed by atoms with Crippen LogP contribution in [0.2, 0.25) is 0 Å². The van der Waals surface area contributed by atoms with Crippen LogP contribution in [0.25, 0.3) is 21.9 Å². The van der Waals surface area contributed by atoms with Crippen LogP contribution in [0.1, 0.15) is 19.8 Å². The van der Waals surface area contributed by atoms with Crippen molar-refractivity contribution in [2.75, 3.05) is 26.3 Å². The summed E-state index contributed by atoms with van der Waals surface area (Å²) in [4.78, 5) is 8.78. The topological polar surface area (TPSA) is 56.3 Å². The van der Waals surface area contributed by atoms with Crippen LogP contribution in [-0.4, -0.2) is 36.3 Å². The summed E-state index contributed by atoms with van der Waals surface area (Å²) in [6, 6.07) is 13.0. The van der Waals surface area contributed by atoms with Crippen molar-refractivity contribution in [3.8, 4) is 22.9 Å². The maximum atomic E-state index is 5.78. The molecule has 0 aliphatic carbocycles. The molecule has 1 saturated heterocycles. The normalized spacial score (nSPS) is 15.0. The van der Waals surface area contributed by atoms with Gasteiger partial charge in [0.05, 0.1) is 13.2 Å². The Labute approximate surface area is 159 Å². The van der Waals surface area contributed by atoms with E-state index in [1.807, 2.05) is 25.4 Å². The maximum absolute atomic E-state index is 5.78. The van der Waals surface area contributed by atoms with Crippen LogP contribution in [0.3, 0.4) is 0 Å². The fraction of sp³-hybridized carbons (Fsp3) is 0.364. The SMILES string of the molecule is CCOc1ccc2cc(-c3cnc(OCC4CCNCC4)nc3)ccc2c1. The average molecular weight is 363 g/mol. The molecule has 1 aliphatic rings. The number of aromatic nitrogens is 2. The van der Waals surface area contributed by atoms with E-state index in [1.54, 1.807) is 0 Å². The summed E-state index contributed by atoms with van der Waals surface area (Å²) >= 11 is 0. The maximum Gasteiger partial charge on any atom is 0.316 e. The monoisotopic (exact) mass is 363 g/mol. The van der Waals surface area contributed by atoms with E-state index >= 15 is 0 Å². The largest absolute Gasteiger partial charge is 0.494 e. The lowest BCUT2D eigenvalue weighted by Gasteiger charge is -2.21. The van der Waals surface area contributed by atoms with Crippen molar-refractivity contribution in [1.29, 1.82) is 0 Å². The summed E-state index contributed by atoms with van der Waals surface area (Å²) in [7, 11) is 0. The minimum absolute atomic E-state index is 0.458. The molecule has 0 atom stereocenters. The van der Waals surface area contributed by atoms with Crippen LogP contribution in [0.4, 0.5) is 0 Å². The van der Waals surface area contributed by atoms with E-state index in [9.17, 15) is 0 Å². The van der Waals surface area contributed by atoms with E-state index in [0.29, 0.717) is 25.1 Å². The minimum atomic E-state index is 0.458. The molecule has 1 aliphatic heterocycles. The number of nitrogens with one attached hydrogen (secondary N) is 1. The lowest BCUT2D eigenvalue weighted by Crippen LogP contribution is -2.30. The van der Waals surface area contributed by atoms with Crippen molar-refractivity contribution in [2.45, 2.75) is 19.8 Å². The number of ether oxygens (including phenoxy) is 2. The highest BCUT2D eigenvalue weighted by molar-refractivity contribution is 5.88. The molecule has 1 N–H and O–H groups in total. The minimum Gasteiger partial charge on any atom is -0.494 e. The summed E-state index contributed by atoms with van der Waals surface area (Å²) in [6.07, 6.45) is 5.97. The van der Waals surface area contributed by atoms with Crippen LogP contribution < -0.4 is 14.8 Å². The Morgan fingerprint density at radius 3 is 2.44 bits per heavy atom. The van der Waals surface area contributed by atoms with Gasteiger partial charge in [0.25, 0.3) is 0 Å². The number of rotatable bonds is 6. The molecule has 1 fully saturated rings. The number of hydrogen-bond acceptors (Lipinski definition) is 5. The van der Waals surface area contributed by atoms with Crippen molar-refractivity contribution in [3.63, 3.8) is 0 Å². The highest BCUT2D eigenvalue weighted by Crippen LogP contribution is 2.27. The summed E-state index contributed by atoms with van der Waals surface area (Å²) < 4.78 is 11.4. The van der Waals surface area contributed by atoms with Gasteiger partial charge in [-0.3, -0.25) is 0 Å². The molecular formula is C22H25N3O2. The molecule has 0 spiro atoms.